The number of non-ortho nitro benzene ring substituents is 1. The Bertz CT molecular complexity index is 675. The van der Waals surface area contributed by atoms with Gasteiger partial charge >= 0.3 is 0 Å². The third-order valence-electron chi connectivity index (χ3n) is 2.82. The fourth-order valence-corrected chi connectivity index (χ4v) is 1.80. The fraction of sp³-hybridized carbons (Fsp3) is 0.143. The maximum atomic E-state index is 10.7. The number of nitro groups is 1. The van der Waals surface area contributed by atoms with Gasteiger partial charge in [0.1, 0.15) is 0 Å². The first kappa shape index (κ1) is 12.7. The van der Waals surface area contributed by atoms with E-state index in [2.05, 4.69) is 11.1 Å². The number of rotatable bonds is 3. The Morgan fingerprint density at radius 1 is 1.37 bits per heavy atom. The summed E-state index contributed by atoms with van der Waals surface area (Å²) >= 11 is 0. The number of hydrogen-bond donors (Lipinski definition) is 0. The summed E-state index contributed by atoms with van der Waals surface area (Å²) in [5.41, 5.74) is 3.05. The van der Waals surface area contributed by atoms with Crippen LogP contribution in [0.4, 0.5) is 5.69 Å². The lowest BCUT2D eigenvalue weighted by Crippen LogP contribution is -1.94. The monoisotopic (exact) mass is 253 g/mol. The van der Waals surface area contributed by atoms with Gasteiger partial charge in [0.2, 0.25) is 0 Å². The molecule has 0 bridgehead atoms. The van der Waals surface area contributed by atoms with E-state index < -0.39 is 4.92 Å². The Morgan fingerprint density at radius 2 is 2.16 bits per heavy atom. The van der Waals surface area contributed by atoms with Crippen LogP contribution in [-0.2, 0) is 6.42 Å². The van der Waals surface area contributed by atoms with Crippen LogP contribution in [0.3, 0.4) is 0 Å². The summed E-state index contributed by atoms with van der Waals surface area (Å²) in [6.45, 7) is 1.83. The highest BCUT2D eigenvalue weighted by Gasteiger charge is 2.09. The molecule has 2 rings (SSSR count). The molecule has 0 amide bonds. The van der Waals surface area contributed by atoms with Crippen molar-refractivity contribution < 1.29 is 4.92 Å². The van der Waals surface area contributed by atoms with Gasteiger partial charge in [0.25, 0.3) is 5.69 Å². The van der Waals surface area contributed by atoms with E-state index in [1.165, 1.54) is 12.1 Å². The van der Waals surface area contributed by atoms with Gasteiger partial charge in [-0.2, -0.15) is 5.26 Å². The van der Waals surface area contributed by atoms with Crippen LogP contribution in [0.15, 0.2) is 36.4 Å². The average Bonchev–Trinajstić information content (AvgIpc) is 2.41. The summed E-state index contributed by atoms with van der Waals surface area (Å²) in [5.74, 6) is 0. The molecule has 0 aliphatic rings. The van der Waals surface area contributed by atoms with Crippen molar-refractivity contribution in [1.29, 1.82) is 5.26 Å². The van der Waals surface area contributed by atoms with Crippen molar-refractivity contribution in [3.05, 3.63) is 57.8 Å². The van der Waals surface area contributed by atoms with E-state index in [1.54, 1.807) is 18.2 Å². The summed E-state index contributed by atoms with van der Waals surface area (Å²) in [4.78, 5) is 14.7. The smallest absolute Gasteiger partial charge is 0.258 e. The van der Waals surface area contributed by atoms with E-state index >= 15 is 0 Å². The van der Waals surface area contributed by atoms with Gasteiger partial charge in [-0.3, -0.25) is 15.1 Å². The first-order valence-electron chi connectivity index (χ1n) is 5.70. The minimum Gasteiger partial charge on any atom is -0.258 e. The summed E-state index contributed by atoms with van der Waals surface area (Å²) in [6.07, 6.45) is 0.314. The Kier molecular flexibility index (Phi) is 3.53. The highest BCUT2D eigenvalue weighted by molar-refractivity contribution is 5.63. The van der Waals surface area contributed by atoms with Gasteiger partial charge < -0.3 is 0 Å². The number of aromatic nitrogens is 1. The second-order valence-electron chi connectivity index (χ2n) is 4.08. The number of pyridine rings is 1. The van der Waals surface area contributed by atoms with Crippen molar-refractivity contribution >= 4 is 5.69 Å². The van der Waals surface area contributed by atoms with E-state index in [-0.39, 0.29) is 5.69 Å². The summed E-state index contributed by atoms with van der Waals surface area (Å²) in [5, 5.41) is 19.4. The predicted molar refractivity (Wildman–Crippen MR) is 70.4 cm³/mol. The molecule has 19 heavy (non-hydrogen) atoms. The summed E-state index contributed by atoms with van der Waals surface area (Å²) in [7, 11) is 0. The SMILES string of the molecule is Cc1nc(-c2cccc([N+](=O)[O-])c2)ccc1CC#N. The second kappa shape index (κ2) is 5.27. The molecule has 0 spiro atoms. The van der Waals surface area contributed by atoms with Crippen LogP contribution in [-0.4, -0.2) is 9.91 Å². The zero-order valence-corrected chi connectivity index (χ0v) is 10.3. The average molecular weight is 253 g/mol. The minimum atomic E-state index is -0.430. The topological polar surface area (TPSA) is 79.8 Å². The first-order chi connectivity index (χ1) is 9.11. The summed E-state index contributed by atoms with van der Waals surface area (Å²) in [6, 6.07) is 12.0. The highest BCUT2D eigenvalue weighted by Crippen LogP contribution is 2.23. The molecule has 0 radical (unpaired) electrons. The molecule has 0 aliphatic heterocycles. The first-order valence-corrected chi connectivity index (χ1v) is 5.70. The lowest BCUT2D eigenvalue weighted by atomic mass is 10.1. The molecule has 0 N–H and O–H groups in total. The molecule has 0 fully saturated rings. The zero-order chi connectivity index (χ0) is 13.8. The molecule has 0 saturated heterocycles. The van der Waals surface area contributed by atoms with E-state index in [4.69, 9.17) is 5.26 Å². The molecular weight excluding hydrogens is 242 g/mol. The molecular formula is C14H11N3O2. The van der Waals surface area contributed by atoms with Crippen LogP contribution in [0.2, 0.25) is 0 Å². The van der Waals surface area contributed by atoms with Crippen LogP contribution in [0.25, 0.3) is 11.3 Å². The van der Waals surface area contributed by atoms with Crippen LogP contribution in [0.5, 0.6) is 0 Å². The quantitative estimate of drug-likeness (QED) is 0.622. The lowest BCUT2D eigenvalue weighted by molar-refractivity contribution is -0.384. The van der Waals surface area contributed by atoms with Gasteiger partial charge in [0.05, 0.1) is 23.1 Å². The maximum Gasteiger partial charge on any atom is 0.270 e. The Balaban J connectivity index is 2.42. The van der Waals surface area contributed by atoms with Crippen molar-refractivity contribution in [3.8, 4) is 17.3 Å². The van der Waals surface area contributed by atoms with Crippen LogP contribution >= 0.6 is 0 Å². The number of nitro benzene ring substituents is 1. The zero-order valence-electron chi connectivity index (χ0n) is 10.3. The van der Waals surface area contributed by atoms with E-state index in [0.29, 0.717) is 17.7 Å². The largest absolute Gasteiger partial charge is 0.270 e. The molecule has 0 atom stereocenters. The molecule has 5 nitrogen and oxygen atoms in total. The molecule has 0 unspecified atom stereocenters. The fourth-order valence-electron chi connectivity index (χ4n) is 1.80. The van der Waals surface area contributed by atoms with Crippen LogP contribution in [0, 0.1) is 28.4 Å². The van der Waals surface area contributed by atoms with Crippen molar-refractivity contribution in [1.82, 2.24) is 4.98 Å². The molecule has 1 aromatic carbocycles. The Hall–Kier alpha value is -2.74. The number of aryl methyl sites for hydroxylation is 1. The third kappa shape index (κ3) is 2.75. The van der Waals surface area contributed by atoms with Gasteiger partial charge in [0, 0.05) is 23.4 Å². The van der Waals surface area contributed by atoms with Gasteiger partial charge in [-0.15, -0.1) is 0 Å². The number of nitriles is 1. The molecule has 2 aromatic rings. The standard InChI is InChI=1S/C14H11N3O2/c1-10-11(7-8-15)5-6-14(16-10)12-3-2-4-13(9-12)17(18)19/h2-6,9H,7H2,1H3. The number of hydrogen-bond acceptors (Lipinski definition) is 4. The van der Waals surface area contributed by atoms with Gasteiger partial charge in [-0.25, -0.2) is 0 Å². The van der Waals surface area contributed by atoms with E-state index in [0.717, 1.165) is 11.3 Å². The van der Waals surface area contributed by atoms with Crippen molar-refractivity contribution in [3.63, 3.8) is 0 Å². The molecule has 0 aliphatic carbocycles. The maximum absolute atomic E-state index is 10.7. The van der Waals surface area contributed by atoms with Crippen LogP contribution in [0.1, 0.15) is 11.3 Å². The second-order valence-corrected chi connectivity index (χ2v) is 4.08. The molecule has 94 valence electrons. The van der Waals surface area contributed by atoms with Gasteiger partial charge in [-0.1, -0.05) is 18.2 Å². The molecule has 0 saturated carbocycles. The van der Waals surface area contributed by atoms with Gasteiger partial charge in [0.15, 0.2) is 0 Å². The normalized spacial score (nSPS) is 9.89. The molecule has 1 aromatic heterocycles. The van der Waals surface area contributed by atoms with E-state index in [9.17, 15) is 10.1 Å². The highest BCUT2D eigenvalue weighted by atomic mass is 16.6. The summed E-state index contributed by atoms with van der Waals surface area (Å²) < 4.78 is 0. The third-order valence-corrected chi connectivity index (χ3v) is 2.82. The Morgan fingerprint density at radius 3 is 2.79 bits per heavy atom. The van der Waals surface area contributed by atoms with E-state index in [1.807, 2.05) is 13.0 Å². The number of benzene rings is 1. The predicted octanol–water partition coefficient (Wildman–Crippen LogP) is 3.03. The lowest BCUT2D eigenvalue weighted by Gasteiger charge is -2.05. The van der Waals surface area contributed by atoms with Crippen LogP contribution < -0.4 is 0 Å². The molecule has 1 heterocycles. The van der Waals surface area contributed by atoms with Gasteiger partial charge in [-0.05, 0) is 18.6 Å². The van der Waals surface area contributed by atoms with Crippen molar-refractivity contribution in [2.45, 2.75) is 13.3 Å². The Labute approximate surface area is 110 Å². The molecule has 5 heteroatoms. The number of nitrogens with zero attached hydrogens (tertiary/aromatic N) is 3. The minimum absolute atomic E-state index is 0.0399. The van der Waals surface area contributed by atoms with Crippen molar-refractivity contribution in [2.75, 3.05) is 0 Å². The van der Waals surface area contributed by atoms with Crippen molar-refractivity contribution in [2.24, 2.45) is 0 Å².